The van der Waals surface area contributed by atoms with E-state index in [0.29, 0.717) is 41.9 Å². The third-order valence-corrected chi connectivity index (χ3v) is 6.67. The largest absolute Gasteiger partial charge is 0.490 e. The van der Waals surface area contributed by atoms with Crippen LogP contribution in [0.3, 0.4) is 0 Å². The zero-order valence-electron chi connectivity index (χ0n) is 20.7. The van der Waals surface area contributed by atoms with Gasteiger partial charge in [0.25, 0.3) is 5.91 Å². The third kappa shape index (κ3) is 4.55. The summed E-state index contributed by atoms with van der Waals surface area (Å²) in [5.41, 5.74) is 2.96. The summed E-state index contributed by atoms with van der Waals surface area (Å²) in [6.45, 7) is 4.90. The summed E-state index contributed by atoms with van der Waals surface area (Å²) < 4.78 is 14.7. The maximum absolute atomic E-state index is 13.7. The number of hydrogen-bond acceptors (Lipinski definition) is 7. The second kappa shape index (κ2) is 9.36. The van der Waals surface area contributed by atoms with Crippen LogP contribution in [0.15, 0.2) is 57.7 Å². The molecule has 0 saturated heterocycles. The molecule has 190 valence electrons. The fourth-order valence-electron chi connectivity index (χ4n) is 4.64. The minimum absolute atomic E-state index is 0.121. The van der Waals surface area contributed by atoms with Crippen molar-refractivity contribution in [2.24, 2.45) is 0 Å². The molecule has 0 bridgehead atoms. The Bertz CT molecular complexity index is 1510. The minimum atomic E-state index is -0.336. The number of aromatic nitrogens is 4. The number of benzene rings is 2. The SMILES string of the molecule is Cc1nnc(-c2ccccc2CNC(=O)c2c3n(c(=O)n2-c2ccc(OC4CC4)cc2)C[C@@H](C)NC3)o1. The van der Waals surface area contributed by atoms with E-state index in [9.17, 15) is 9.59 Å². The number of imidazole rings is 1. The lowest BCUT2D eigenvalue weighted by atomic mass is 10.1. The molecule has 1 amide bonds. The molecule has 37 heavy (non-hydrogen) atoms. The molecule has 1 saturated carbocycles. The Morgan fingerprint density at radius 1 is 1.16 bits per heavy atom. The van der Waals surface area contributed by atoms with Gasteiger partial charge in [-0.1, -0.05) is 18.2 Å². The second-order valence-corrected chi connectivity index (χ2v) is 9.58. The van der Waals surface area contributed by atoms with E-state index in [1.54, 1.807) is 11.5 Å². The predicted octanol–water partition coefficient (Wildman–Crippen LogP) is 2.96. The molecule has 2 aromatic heterocycles. The maximum Gasteiger partial charge on any atom is 0.333 e. The summed E-state index contributed by atoms with van der Waals surface area (Å²) in [7, 11) is 0. The Morgan fingerprint density at radius 3 is 2.68 bits per heavy atom. The van der Waals surface area contributed by atoms with Crippen LogP contribution in [-0.4, -0.2) is 37.4 Å². The normalized spacial score (nSPS) is 16.9. The highest BCUT2D eigenvalue weighted by Gasteiger charge is 2.30. The van der Waals surface area contributed by atoms with Crippen LogP contribution in [0.25, 0.3) is 17.1 Å². The van der Waals surface area contributed by atoms with Gasteiger partial charge in [-0.15, -0.1) is 10.2 Å². The molecule has 1 aliphatic carbocycles. The molecule has 4 aromatic rings. The van der Waals surface area contributed by atoms with Gasteiger partial charge in [0.15, 0.2) is 0 Å². The Hall–Kier alpha value is -4.18. The van der Waals surface area contributed by atoms with Gasteiger partial charge in [-0.2, -0.15) is 0 Å². The number of ether oxygens (including phenoxy) is 1. The van der Waals surface area contributed by atoms with Crippen molar-refractivity contribution in [1.29, 1.82) is 0 Å². The number of fused-ring (bicyclic) bond motifs is 1. The average Bonchev–Trinajstić information content (AvgIpc) is 3.54. The van der Waals surface area contributed by atoms with Crippen molar-refractivity contribution in [3.63, 3.8) is 0 Å². The van der Waals surface area contributed by atoms with Gasteiger partial charge in [0, 0.05) is 38.2 Å². The highest BCUT2D eigenvalue weighted by atomic mass is 16.5. The Balaban J connectivity index is 1.33. The van der Waals surface area contributed by atoms with Crippen molar-refractivity contribution in [3.8, 4) is 22.9 Å². The first-order chi connectivity index (χ1) is 18.0. The van der Waals surface area contributed by atoms with E-state index in [2.05, 4.69) is 20.8 Å². The number of hydrogen-bond donors (Lipinski definition) is 2. The smallest absolute Gasteiger partial charge is 0.333 e. The molecule has 10 heteroatoms. The Morgan fingerprint density at radius 2 is 1.95 bits per heavy atom. The topological polar surface area (TPSA) is 116 Å². The molecule has 1 aliphatic heterocycles. The monoisotopic (exact) mass is 500 g/mol. The van der Waals surface area contributed by atoms with E-state index in [-0.39, 0.29) is 30.3 Å². The van der Waals surface area contributed by atoms with Crippen LogP contribution in [0, 0.1) is 6.92 Å². The summed E-state index contributed by atoms with van der Waals surface area (Å²) >= 11 is 0. The number of carbonyl (C=O) groups excluding carboxylic acids is 1. The van der Waals surface area contributed by atoms with Crippen LogP contribution in [0.2, 0.25) is 0 Å². The molecular weight excluding hydrogens is 472 g/mol. The van der Waals surface area contributed by atoms with Crippen molar-refractivity contribution in [2.45, 2.75) is 58.5 Å². The van der Waals surface area contributed by atoms with Gasteiger partial charge in [-0.05, 0) is 55.7 Å². The predicted molar refractivity (Wildman–Crippen MR) is 136 cm³/mol. The second-order valence-electron chi connectivity index (χ2n) is 9.58. The van der Waals surface area contributed by atoms with Gasteiger partial charge in [-0.25, -0.2) is 4.79 Å². The number of nitrogens with zero attached hydrogens (tertiary/aromatic N) is 4. The lowest BCUT2D eigenvalue weighted by molar-refractivity contribution is 0.0942. The summed E-state index contributed by atoms with van der Waals surface area (Å²) in [4.78, 5) is 27.2. The zero-order chi connectivity index (χ0) is 25.5. The number of nitrogens with one attached hydrogen (secondary N) is 2. The first-order valence-electron chi connectivity index (χ1n) is 12.5. The van der Waals surface area contributed by atoms with E-state index in [4.69, 9.17) is 9.15 Å². The highest BCUT2D eigenvalue weighted by molar-refractivity contribution is 5.94. The molecule has 2 N–H and O–H groups in total. The van der Waals surface area contributed by atoms with Crippen LogP contribution in [0.1, 0.15) is 47.4 Å². The van der Waals surface area contributed by atoms with Crippen LogP contribution < -0.4 is 21.1 Å². The van der Waals surface area contributed by atoms with Crippen LogP contribution >= 0.6 is 0 Å². The summed E-state index contributed by atoms with van der Waals surface area (Å²) in [6.07, 6.45) is 2.42. The summed E-state index contributed by atoms with van der Waals surface area (Å²) in [6, 6.07) is 15.0. The quantitative estimate of drug-likeness (QED) is 0.401. The van der Waals surface area contributed by atoms with Crippen molar-refractivity contribution in [2.75, 3.05) is 0 Å². The molecular formula is C27H28N6O4. The molecule has 10 nitrogen and oxygen atoms in total. The average molecular weight is 501 g/mol. The number of rotatable bonds is 7. The van der Waals surface area contributed by atoms with Gasteiger partial charge in [0.05, 0.1) is 17.5 Å². The minimum Gasteiger partial charge on any atom is -0.490 e. The van der Waals surface area contributed by atoms with Crippen molar-refractivity contribution >= 4 is 5.91 Å². The first kappa shape index (κ1) is 23.2. The molecule has 0 unspecified atom stereocenters. The molecule has 6 rings (SSSR count). The van der Waals surface area contributed by atoms with E-state index < -0.39 is 0 Å². The van der Waals surface area contributed by atoms with Gasteiger partial charge >= 0.3 is 5.69 Å². The van der Waals surface area contributed by atoms with E-state index >= 15 is 0 Å². The highest BCUT2D eigenvalue weighted by Crippen LogP contribution is 2.28. The van der Waals surface area contributed by atoms with Crippen molar-refractivity contribution in [1.82, 2.24) is 30.0 Å². The van der Waals surface area contributed by atoms with Crippen molar-refractivity contribution in [3.05, 3.63) is 81.9 Å². The van der Waals surface area contributed by atoms with Crippen LogP contribution in [0.5, 0.6) is 5.75 Å². The molecule has 3 heterocycles. The first-order valence-corrected chi connectivity index (χ1v) is 12.5. The number of aryl methyl sites for hydroxylation is 1. The van der Waals surface area contributed by atoms with Gasteiger partial charge in [0.2, 0.25) is 11.8 Å². The molecule has 1 atom stereocenters. The van der Waals surface area contributed by atoms with E-state index in [1.165, 1.54) is 4.57 Å². The molecule has 1 fully saturated rings. The summed E-state index contributed by atoms with van der Waals surface area (Å²) in [5.74, 6) is 1.29. The number of carbonyl (C=O) groups is 1. The fourth-order valence-corrected chi connectivity index (χ4v) is 4.64. The standard InChI is InChI=1S/C27H28N6O4/c1-16-15-32-23(14-28-16)24(33(27(32)35)19-7-9-20(10-8-19)37-21-11-12-21)25(34)29-13-18-5-3-4-6-22(18)26-31-30-17(2)36-26/h3-10,16,21,28H,11-15H2,1-2H3,(H,29,34)/t16-/m1/s1. The lowest BCUT2D eigenvalue weighted by Crippen LogP contribution is -2.40. The van der Waals surface area contributed by atoms with Crippen LogP contribution in [-0.2, 0) is 19.6 Å². The Labute approximate surface area is 213 Å². The van der Waals surface area contributed by atoms with Gasteiger partial charge < -0.3 is 19.8 Å². The maximum atomic E-state index is 13.7. The molecule has 0 spiro atoms. The zero-order valence-corrected chi connectivity index (χ0v) is 20.7. The molecule has 0 radical (unpaired) electrons. The Kier molecular flexibility index (Phi) is 5.88. The lowest BCUT2D eigenvalue weighted by Gasteiger charge is -2.22. The molecule has 2 aromatic carbocycles. The van der Waals surface area contributed by atoms with Gasteiger partial charge in [-0.3, -0.25) is 13.9 Å². The van der Waals surface area contributed by atoms with Crippen molar-refractivity contribution < 1.29 is 13.9 Å². The summed E-state index contributed by atoms with van der Waals surface area (Å²) in [5, 5.41) is 14.4. The van der Waals surface area contributed by atoms with Crippen LogP contribution in [0.4, 0.5) is 0 Å². The number of amides is 1. The van der Waals surface area contributed by atoms with E-state index in [1.807, 2.05) is 55.5 Å². The van der Waals surface area contributed by atoms with E-state index in [0.717, 1.165) is 29.7 Å². The fraction of sp³-hybridized carbons (Fsp3) is 0.333. The van der Waals surface area contributed by atoms with Gasteiger partial charge in [0.1, 0.15) is 11.4 Å². The third-order valence-electron chi connectivity index (χ3n) is 6.67. The molecule has 2 aliphatic rings.